The summed E-state index contributed by atoms with van der Waals surface area (Å²) >= 11 is 5.93. The van der Waals surface area contributed by atoms with E-state index >= 15 is 0 Å². The summed E-state index contributed by atoms with van der Waals surface area (Å²) in [6, 6.07) is 13.0. The standard InChI is InChI=1S/C17H18ClNO/c1-3-12(2)15-6-4-5-7-16(15)19-11-13-10-14(18)8-9-17(13)20/h4-12,20H,3H2,1-2H3. The van der Waals surface area contributed by atoms with E-state index in [1.165, 1.54) is 5.56 Å². The van der Waals surface area contributed by atoms with Crippen molar-refractivity contribution in [1.29, 1.82) is 0 Å². The summed E-state index contributed by atoms with van der Waals surface area (Å²) in [4.78, 5) is 4.50. The average Bonchev–Trinajstić information content (AvgIpc) is 2.47. The first-order chi connectivity index (χ1) is 9.61. The first-order valence-electron chi connectivity index (χ1n) is 6.73. The third-order valence-electron chi connectivity index (χ3n) is 3.41. The molecule has 0 bridgehead atoms. The van der Waals surface area contributed by atoms with E-state index in [0.29, 0.717) is 16.5 Å². The summed E-state index contributed by atoms with van der Waals surface area (Å²) in [6.45, 7) is 4.35. The van der Waals surface area contributed by atoms with Gasteiger partial charge in [-0.2, -0.15) is 0 Å². The van der Waals surface area contributed by atoms with Gasteiger partial charge in [-0.3, -0.25) is 4.99 Å². The molecule has 0 saturated carbocycles. The molecule has 2 aromatic carbocycles. The number of aliphatic imine (C=N–C) groups is 1. The molecule has 2 rings (SSSR count). The number of phenols is 1. The SMILES string of the molecule is CCC(C)c1ccccc1N=Cc1cc(Cl)ccc1O. The molecule has 1 N–H and O–H groups in total. The van der Waals surface area contributed by atoms with E-state index in [4.69, 9.17) is 11.6 Å². The lowest BCUT2D eigenvalue weighted by molar-refractivity contribution is 0.474. The van der Waals surface area contributed by atoms with E-state index in [0.717, 1.165) is 12.1 Å². The summed E-state index contributed by atoms with van der Waals surface area (Å²) in [5, 5.41) is 10.4. The Balaban J connectivity index is 2.34. The summed E-state index contributed by atoms with van der Waals surface area (Å²) in [5.74, 6) is 0.635. The fraction of sp³-hybridized carbons (Fsp3) is 0.235. The lowest BCUT2D eigenvalue weighted by Gasteiger charge is -2.11. The topological polar surface area (TPSA) is 32.6 Å². The minimum Gasteiger partial charge on any atom is -0.507 e. The molecule has 0 aromatic heterocycles. The van der Waals surface area contributed by atoms with Gasteiger partial charge in [0.05, 0.1) is 5.69 Å². The van der Waals surface area contributed by atoms with Gasteiger partial charge in [0.15, 0.2) is 0 Å². The van der Waals surface area contributed by atoms with Gasteiger partial charge in [-0.1, -0.05) is 43.6 Å². The molecule has 2 aromatic rings. The zero-order valence-electron chi connectivity index (χ0n) is 11.7. The third kappa shape index (κ3) is 3.40. The van der Waals surface area contributed by atoms with Crippen LogP contribution in [0, 0.1) is 0 Å². The lowest BCUT2D eigenvalue weighted by atomic mass is 9.97. The number of benzene rings is 2. The lowest BCUT2D eigenvalue weighted by Crippen LogP contribution is -1.92. The molecule has 3 heteroatoms. The van der Waals surface area contributed by atoms with Crippen molar-refractivity contribution < 1.29 is 5.11 Å². The van der Waals surface area contributed by atoms with Gasteiger partial charge in [-0.15, -0.1) is 0 Å². The van der Waals surface area contributed by atoms with Crippen LogP contribution < -0.4 is 0 Å². The quantitative estimate of drug-likeness (QED) is 0.759. The minimum absolute atomic E-state index is 0.180. The van der Waals surface area contributed by atoms with Crippen molar-refractivity contribution in [3.05, 3.63) is 58.6 Å². The Kier molecular flexibility index (Phi) is 4.80. The van der Waals surface area contributed by atoms with Crippen LogP contribution in [0.2, 0.25) is 5.02 Å². The Morgan fingerprint density at radius 1 is 1.25 bits per heavy atom. The normalized spacial score (nSPS) is 12.8. The second-order valence-electron chi connectivity index (χ2n) is 4.83. The van der Waals surface area contributed by atoms with Crippen molar-refractivity contribution in [3.63, 3.8) is 0 Å². The first kappa shape index (κ1) is 14.6. The number of rotatable bonds is 4. The second-order valence-corrected chi connectivity index (χ2v) is 5.27. The molecule has 2 nitrogen and oxygen atoms in total. The molecule has 0 spiro atoms. The zero-order valence-corrected chi connectivity index (χ0v) is 12.4. The molecule has 0 aliphatic rings. The Bertz CT molecular complexity index is 622. The molecule has 0 saturated heterocycles. The Morgan fingerprint density at radius 2 is 2.00 bits per heavy atom. The van der Waals surface area contributed by atoms with Crippen molar-refractivity contribution in [2.75, 3.05) is 0 Å². The van der Waals surface area contributed by atoms with E-state index in [-0.39, 0.29) is 5.75 Å². The van der Waals surface area contributed by atoms with E-state index in [1.54, 1.807) is 24.4 Å². The Labute approximate surface area is 124 Å². The van der Waals surface area contributed by atoms with Gasteiger partial charge >= 0.3 is 0 Å². The fourth-order valence-electron chi connectivity index (χ4n) is 2.01. The van der Waals surface area contributed by atoms with Crippen LogP contribution in [0.3, 0.4) is 0 Å². The van der Waals surface area contributed by atoms with Gasteiger partial charge in [-0.25, -0.2) is 0 Å². The summed E-state index contributed by atoms with van der Waals surface area (Å²) < 4.78 is 0. The van der Waals surface area contributed by atoms with Gasteiger partial charge in [0.2, 0.25) is 0 Å². The number of phenolic OH excluding ortho intramolecular Hbond substituents is 1. The molecule has 0 heterocycles. The minimum atomic E-state index is 0.180. The first-order valence-corrected chi connectivity index (χ1v) is 7.11. The van der Waals surface area contributed by atoms with Crippen molar-refractivity contribution in [2.24, 2.45) is 4.99 Å². The van der Waals surface area contributed by atoms with Crippen LogP contribution in [-0.2, 0) is 0 Å². The summed E-state index contributed by atoms with van der Waals surface area (Å²) in [5.41, 5.74) is 2.77. The van der Waals surface area contributed by atoms with E-state index in [9.17, 15) is 5.11 Å². The Morgan fingerprint density at radius 3 is 2.75 bits per heavy atom. The number of nitrogens with zero attached hydrogens (tertiary/aromatic N) is 1. The van der Waals surface area contributed by atoms with Crippen molar-refractivity contribution in [2.45, 2.75) is 26.2 Å². The van der Waals surface area contributed by atoms with E-state index < -0.39 is 0 Å². The molecule has 1 atom stereocenters. The van der Waals surface area contributed by atoms with Crippen LogP contribution in [0.25, 0.3) is 0 Å². The molecule has 104 valence electrons. The summed E-state index contributed by atoms with van der Waals surface area (Å²) in [7, 11) is 0. The van der Waals surface area contributed by atoms with Crippen LogP contribution >= 0.6 is 11.6 Å². The van der Waals surface area contributed by atoms with Gasteiger partial charge in [0.25, 0.3) is 0 Å². The predicted octanol–water partition coefficient (Wildman–Crippen LogP) is 5.31. The molecule has 0 aliphatic carbocycles. The Hall–Kier alpha value is -1.80. The molecule has 0 fully saturated rings. The maximum atomic E-state index is 9.79. The van der Waals surface area contributed by atoms with E-state index in [2.05, 4.69) is 24.9 Å². The third-order valence-corrected chi connectivity index (χ3v) is 3.65. The molecular formula is C17H18ClNO. The molecule has 0 aliphatic heterocycles. The maximum Gasteiger partial charge on any atom is 0.124 e. The van der Waals surface area contributed by atoms with Crippen LogP contribution in [0.5, 0.6) is 5.75 Å². The maximum absolute atomic E-state index is 9.79. The molecule has 0 radical (unpaired) electrons. The largest absolute Gasteiger partial charge is 0.507 e. The van der Waals surface area contributed by atoms with Crippen LogP contribution in [0.1, 0.15) is 37.3 Å². The van der Waals surface area contributed by atoms with Crippen molar-refractivity contribution >= 4 is 23.5 Å². The monoisotopic (exact) mass is 287 g/mol. The average molecular weight is 288 g/mol. The van der Waals surface area contributed by atoms with Gasteiger partial charge in [0, 0.05) is 16.8 Å². The van der Waals surface area contributed by atoms with Gasteiger partial charge < -0.3 is 5.11 Å². The molecule has 20 heavy (non-hydrogen) atoms. The smallest absolute Gasteiger partial charge is 0.124 e. The highest BCUT2D eigenvalue weighted by atomic mass is 35.5. The molecule has 0 amide bonds. The number of para-hydroxylation sites is 1. The number of halogens is 1. The van der Waals surface area contributed by atoms with Crippen LogP contribution in [0.4, 0.5) is 5.69 Å². The number of hydrogen-bond acceptors (Lipinski definition) is 2. The number of aromatic hydroxyl groups is 1. The van der Waals surface area contributed by atoms with Crippen molar-refractivity contribution in [3.8, 4) is 5.75 Å². The zero-order chi connectivity index (χ0) is 14.5. The van der Waals surface area contributed by atoms with Gasteiger partial charge in [-0.05, 0) is 42.2 Å². The predicted molar refractivity (Wildman–Crippen MR) is 85.5 cm³/mol. The van der Waals surface area contributed by atoms with Crippen LogP contribution in [-0.4, -0.2) is 11.3 Å². The molecular weight excluding hydrogens is 270 g/mol. The highest BCUT2D eigenvalue weighted by Gasteiger charge is 2.07. The van der Waals surface area contributed by atoms with Gasteiger partial charge in [0.1, 0.15) is 5.75 Å². The highest BCUT2D eigenvalue weighted by Crippen LogP contribution is 2.29. The van der Waals surface area contributed by atoms with E-state index in [1.807, 2.05) is 18.2 Å². The summed E-state index contributed by atoms with van der Waals surface area (Å²) in [6.07, 6.45) is 2.72. The second kappa shape index (κ2) is 6.58. The number of hydrogen-bond donors (Lipinski definition) is 1. The molecule has 1 unspecified atom stereocenters. The van der Waals surface area contributed by atoms with Crippen LogP contribution in [0.15, 0.2) is 47.5 Å². The highest BCUT2D eigenvalue weighted by molar-refractivity contribution is 6.30. The fourth-order valence-corrected chi connectivity index (χ4v) is 2.19. The van der Waals surface area contributed by atoms with Crippen molar-refractivity contribution in [1.82, 2.24) is 0 Å².